The SMILES string of the molecule is CCOC(=O)C(=N)N=C/C(N)=C\I. The number of allylic oxidation sites excluding steroid dienone is 1. The molecule has 0 amide bonds. The molecule has 6 heteroatoms. The average molecular weight is 295 g/mol. The summed E-state index contributed by atoms with van der Waals surface area (Å²) in [5.41, 5.74) is 5.73. The van der Waals surface area contributed by atoms with E-state index in [0.717, 1.165) is 0 Å². The highest BCUT2D eigenvalue weighted by molar-refractivity contribution is 14.1. The first-order valence-electron chi connectivity index (χ1n) is 3.47. The lowest BCUT2D eigenvalue weighted by atomic mass is 10.5. The summed E-state index contributed by atoms with van der Waals surface area (Å²) in [5, 5.41) is 7.11. The van der Waals surface area contributed by atoms with Gasteiger partial charge in [-0.25, -0.2) is 9.79 Å². The molecule has 0 aromatic rings. The second-order valence-electron chi connectivity index (χ2n) is 1.94. The number of ether oxygens (including phenoxy) is 1. The number of nitrogens with zero attached hydrogens (tertiary/aromatic N) is 1. The molecule has 0 aliphatic carbocycles. The number of amidine groups is 1. The molecule has 72 valence electrons. The van der Waals surface area contributed by atoms with Gasteiger partial charge >= 0.3 is 5.97 Å². The van der Waals surface area contributed by atoms with Crippen molar-refractivity contribution in [3.05, 3.63) is 9.78 Å². The summed E-state index contributed by atoms with van der Waals surface area (Å²) in [7, 11) is 0. The van der Waals surface area contributed by atoms with Gasteiger partial charge < -0.3 is 10.5 Å². The molecular weight excluding hydrogens is 285 g/mol. The number of hydrogen-bond acceptors (Lipinski definition) is 4. The third-order valence-corrected chi connectivity index (χ3v) is 1.66. The summed E-state index contributed by atoms with van der Waals surface area (Å²) < 4.78 is 6.11. The van der Waals surface area contributed by atoms with Crippen molar-refractivity contribution >= 4 is 40.6 Å². The Morgan fingerprint density at radius 3 is 2.85 bits per heavy atom. The molecule has 0 radical (unpaired) electrons. The van der Waals surface area contributed by atoms with Crippen molar-refractivity contribution in [3.63, 3.8) is 0 Å². The highest BCUT2D eigenvalue weighted by Crippen LogP contribution is 1.89. The van der Waals surface area contributed by atoms with Gasteiger partial charge in [0.25, 0.3) is 0 Å². The molecule has 3 N–H and O–H groups in total. The maximum atomic E-state index is 10.8. The molecule has 0 saturated heterocycles. The Morgan fingerprint density at radius 1 is 1.77 bits per heavy atom. The fourth-order valence-corrected chi connectivity index (χ4v) is 0.580. The fourth-order valence-electron chi connectivity index (χ4n) is 0.419. The van der Waals surface area contributed by atoms with Crippen LogP contribution < -0.4 is 5.73 Å². The molecule has 0 atom stereocenters. The zero-order valence-corrected chi connectivity index (χ0v) is 9.24. The van der Waals surface area contributed by atoms with Crippen molar-refractivity contribution in [2.45, 2.75) is 6.92 Å². The number of carbonyl (C=O) groups excluding carboxylic acids is 1. The predicted molar refractivity (Wildman–Crippen MR) is 59.1 cm³/mol. The van der Waals surface area contributed by atoms with Crippen LogP contribution in [0.25, 0.3) is 0 Å². The van der Waals surface area contributed by atoms with Crippen LogP contribution >= 0.6 is 22.6 Å². The van der Waals surface area contributed by atoms with Crippen LogP contribution in [-0.2, 0) is 9.53 Å². The molecule has 5 nitrogen and oxygen atoms in total. The van der Waals surface area contributed by atoms with Crippen LogP contribution in [0.3, 0.4) is 0 Å². The zero-order chi connectivity index (χ0) is 10.3. The van der Waals surface area contributed by atoms with E-state index in [4.69, 9.17) is 11.1 Å². The van der Waals surface area contributed by atoms with Crippen LogP contribution in [0.4, 0.5) is 0 Å². The third-order valence-electron chi connectivity index (χ3n) is 0.937. The molecule has 0 rings (SSSR count). The van der Waals surface area contributed by atoms with E-state index < -0.39 is 11.8 Å². The topological polar surface area (TPSA) is 88.5 Å². The van der Waals surface area contributed by atoms with Gasteiger partial charge in [0.1, 0.15) is 0 Å². The van der Waals surface area contributed by atoms with E-state index in [1.165, 1.54) is 6.21 Å². The maximum absolute atomic E-state index is 10.8. The van der Waals surface area contributed by atoms with E-state index in [-0.39, 0.29) is 6.61 Å². The number of halogens is 1. The van der Waals surface area contributed by atoms with Crippen LogP contribution in [-0.4, -0.2) is 24.6 Å². The molecule has 0 fully saturated rings. The van der Waals surface area contributed by atoms with E-state index in [9.17, 15) is 4.79 Å². The molecule has 0 spiro atoms. The molecule has 0 bridgehead atoms. The van der Waals surface area contributed by atoms with Crippen LogP contribution in [0, 0.1) is 5.41 Å². The van der Waals surface area contributed by atoms with Crippen LogP contribution in [0.5, 0.6) is 0 Å². The minimum Gasteiger partial charge on any atom is -0.460 e. The van der Waals surface area contributed by atoms with Gasteiger partial charge in [0, 0.05) is 4.08 Å². The predicted octanol–water partition coefficient (Wildman–Crippen LogP) is 0.833. The van der Waals surface area contributed by atoms with Crippen molar-refractivity contribution < 1.29 is 9.53 Å². The van der Waals surface area contributed by atoms with E-state index in [2.05, 4.69) is 9.73 Å². The molecular formula is C7H10IN3O2. The molecule has 0 saturated carbocycles. The quantitative estimate of drug-likeness (QED) is 0.342. The Kier molecular flexibility index (Phi) is 6.11. The standard InChI is InChI=1S/C7H10IN3O2/c1-2-13-7(12)6(10)11-4-5(9)3-8/h3-4,10H,2,9H2,1H3/b5-3+,10-6?,11-4?. The molecule has 13 heavy (non-hydrogen) atoms. The summed E-state index contributed by atoms with van der Waals surface area (Å²) >= 11 is 1.93. The molecule has 0 aromatic carbocycles. The lowest BCUT2D eigenvalue weighted by molar-refractivity contribution is -0.135. The summed E-state index contributed by atoms with van der Waals surface area (Å²) in [4.78, 5) is 14.3. The Bertz CT molecular complexity index is 260. The Balaban J connectivity index is 4.15. The van der Waals surface area contributed by atoms with Gasteiger partial charge in [0.2, 0.25) is 5.84 Å². The zero-order valence-electron chi connectivity index (χ0n) is 7.08. The monoisotopic (exact) mass is 295 g/mol. The Morgan fingerprint density at radius 2 is 2.38 bits per heavy atom. The maximum Gasteiger partial charge on any atom is 0.375 e. The number of rotatable bonds is 2. The van der Waals surface area contributed by atoms with E-state index in [1.807, 2.05) is 22.6 Å². The van der Waals surface area contributed by atoms with Crippen molar-refractivity contribution in [1.82, 2.24) is 0 Å². The highest BCUT2D eigenvalue weighted by Gasteiger charge is 2.06. The third kappa shape index (κ3) is 5.34. The normalized spacial score (nSPS) is 11.7. The lowest BCUT2D eigenvalue weighted by Gasteiger charge is -1.97. The van der Waals surface area contributed by atoms with Gasteiger partial charge in [-0.2, -0.15) is 0 Å². The lowest BCUT2D eigenvalue weighted by Crippen LogP contribution is -2.15. The number of esters is 1. The molecule has 0 aliphatic rings. The minimum absolute atomic E-state index is 0.230. The summed E-state index contributed by atoms with van der Waals surface area (Å²) in [6, 6.07) is 0. The largest absolute Gasteiger partial charge is 0.460 e. The molecule has 0 heterocycles. The van der Waals surface area contributed by atoms with E-state index in [1.54, 1.807) is 11.0 Å². The van der Waals surface area contributed by atoms with Gasteiger partial charge in [0.15, 0.2) is 0 Å². The summed E-state index contributed by atoms with van der Waals surface area (Å²) in [6.45, 7) is 1.89. The summed E-state index contributed by atoms with van der Waals surface area (Å²) in [5.74, 6) is -1.21. The van der Waals surface area contributed by atoms with Crippen molar-refractivity contribution in [1.29, 1.82) is 5.41 Å². The van der Waals surface area contributed by atoms with Crippen LogP contribution in [0.1, 0.15) is 6.92 Å². The highest BCUT2D eigenvalue weighted by atomic mass is 127. The number of nitrogens with one attached hydrogen (secondary N) is 1. The molecule has 0 unspecified atom stereocenters. The van der Waals surface area contributed by atoms with E-state index >= 15 is 0 Å². The van der Waals surface area contributed by atoms with Crippen molar-refractivity contribution in [2.75, 3.05) is 6.61 Å². The second-order valence-corrected chi connectivity index (χ2v) is 2.56. The second kappa shape index (κ2) is 6.58. The number of carbonyl (C=O) groups is 1. The van der Waals surface area contributed by atoms with Gasteiger partial charge in [-0.15, -0.1) is 0 Å². The van der Waals surface area contributed by atoms with Gasteiger partial charge in [0.05, 0.1) is 18.5 Å². The van der Waals surface area contributed by atoms with Gasteiger partial charge in [-0.3, -0.25) is 5.41 Å². The number of nitrogens with two attached hydrogens (primary N) is 1. The van der Waals surface area contributed by atoms with Gasteiger partial charge in [-0.05, 0) is 6.92 Å². The average Bonchev–Trinajstić information content (AvgIpc) is 2.13. The summed E-state index contributed by atoms with van der Waals surface area (Å²) in [6.07, 6.45) is 1.23. The smallest absolute Gasteiger partial charge is 0.375 e. The van der Waals surface area contributed by atoms with Crippen molar-refractivity contribution in [2.24, 2.45) is 10.7 Å². The van der Waals surface area contributed by atoms with Crippen LogP contribution in [0.2, 0.25) is 0 Å². The first-order chi connectivity index (χ1) is 6.11. The molecule has 0 aliphatic heterocycles. The van der Waals surface area contributed by atoms with Gasteiger partial charge in [-0.1, -0.05) is 22.6 Å². The van der Waals surface area contributed by atoms with E-state index in [0.29, 0.717) is 5.70 Å². The minimum atomic E-state index is -0.750. The first-order valence-corrected chi connectivity index (χ1v) is 4.72. The Hall–Kier alpha value is -0.920. The first kappa shape index (κ1) is 12.1. The Labute approximate surface area is 89.7 Å². The fraction of sp³-hybridized carbons (Fsp3) is 0.286. The molecule has 0 aromatic heterocycles. The van der Waals surface area contributed by atoms with Crippen molar-refractivity contribution in [3.8, 4) is 0 Å². The van der Waals surface area contributed by atoms with Crippen LogP contribution in [0.15, 0.2) is 14.8 Å². The number of hydrogen-bond donors (Lipinski definition) is 2. The number of aliphatic imine (C=N–C) groups is 1.